The van der Waals surface area contributed by atoms with Gasteiger partial charge in [0.05, 0.1) is 6.04 Å². The fourth-order valence-corrected chi connectivity index (χ4v) is 3.94. The number of hydrazone groups is 1. The zero-order valence-corrected chi connectivity index (χ0v) is 20.3. The first-order chi connectivity index (χ1) is 17.4. The standard InChI is InChI=1S/C26H29ClN6O3/c27-21-8-4-7-20(16-21)19-12-9-18(10-13-19)15-23(24(34)31-26(32-28)33-29)30-22(25(35)36)14-11-17-5-2-1-3-6-17/h1-10,12-13,16,22-23,30H,11,14-15,28-29H2,(H,35,36)(H2,31,32,33,34)/t22-,23-/m0/s1. The summed E-state index contributed by atoms with van der Waals surface area (Å²) >= 11 is 6.10. The van der Waals surface area contributed by atoms with Crippen molar-refractivity contribution in [2.24, 2.45) is 16.8 Å². The zero-order valence-electron chi connectivity index (χ0n) is 19.5. The molecule has 8 N–H and O–H groups in total. The number of halogens is 1. The van der Waals surface area contributed by atoms with Crippen LogP contribution in [-0.2, 0) is 22.4 Å². The summed E-state index contributed by atoms with van der Waals surface area (Å²) in [6.45, 7) is 0. The Morgan fingerprint density at radius 2 is 1.64 bits per heavy atom. The summed E-state index contributed by atoms with van der Waals surface area (Å²) in [6.07, 6.45) is 1.05. The highest BCUT2D eigenvalue weighted by Gasteiger charge is 2.27. The minimum atomic E-state index is -1.05. The van der Waals surface area contributed by atoms with Crippen LogP contribution in [0.3, 0.4) is 0 Å². The molecule has 0 fully saturated rings. The molecule has 0 radical (unpaired) electrons. The lowest BCUT2D eigenvalue weighted by Gasteiger charge is -2.23. The maximum atomic E-state index is 13.0. The van der Waals surface area contributed by atoms with E-state index in [2.05, 4.69) is 21.2 Å². The van der Waals surface area contributed by atoms with E-state index in [4.69, 9.17) is 23.3 Å². The Labute approximate surface area is 214 Å². The quantitative estimate of drug-likeness (QED) is 0.106. The van der Waals surface area contributed by atoms with Crippen molar-refractivity contribution < 1.29 is 14.7 Å². The van der Waals surface area contributed by atoms with E-state index in [1.807, 2.05) is 72.8 Å². The highest BCUT2D eigenvalue weighted by Crippen LogP contribution is 2.23. The van der Waals surface area contributed by atoms with Gasteiger partial charge in [0.1, 0.15) is 6.04 Å². The number of nitrogens with one attached hydrogen (secondary N) is 3. The molecule has 10 heteroatoms. The maximum absolute atomic E-state index is 13.0. The molecular formula is C26H29ClN6O3. The van der Waals surface area contributed by atoms with Crippen LogP contribution in [0.2, 0.25) is 5.02 Å². The Morgan fingerprint density at radius 3 is 2.25 bits per heavy atom. The fourth-order valence-electron chi connectivity index (χ4n) is 3.75. The topological polar surface area (TPSA) is 155 Å². The summed E-state index contributed by atoms with van der Waals surface area (Å²) in [7, 11) is 0. The molecule has 0 bridgehead atoms. The predicted molar refractivity (Wildman–Crippen MR) is 141 cm³/mol. The van der Waals surface area contributed by atoms with E-state index in [9.17, 15) is 14.7 Å². The van der Waals surface area contributed by atoms with Crippen molar-refractivity contribution in [2.45, 2.75) is 31.3 Å². The van der Waals surface area contributed by atoms with E-state index in [1.165, 1.54) is 0 Å². The van der Waals surface area contributed by atoms with Crippen LogP contribution in [-0.4, -0.2) is 35.0 Å². The number of hydrogen-bond acceptors (Lipinski definition) is 6. The van der Waals surface area contributed by atoms with Crippen molar-refractivity contribution in [1.82, 2.24) is 16.1 Å². The largest absolute Gasteiger partial charge is 0.480 e. The second-order valence-corrected chi connectivity index (χ2v) is 8.59. The van der Waals surface area contributed by atoms with Crippen LogP contribution >= 0.6 is 11.6 Å². The fraction of sp³-hybridized carbons (Fsp3) is 0.192. The summed E-state index contributed by atoms with van der Waals surface area (Å²) in [5.41, 5.74) is 5.95. The van der Waals surface area contributed by atoms with Crippen LogP contribution in [0.25, 0.3) is 11.1 Å². The van der Waals surface area contributed by atoms with Gasteiger partial charge in [-0.25, -0.2) is 5.84 Å². The van der Waals surface area contributed by atoms with E-state index >= 15 is 0 Å². The Morgan fingerprint density at radius 1 is 0.917 bits per heavy atom. The second-order valence-electron chi connectivity index (χ2n) is 8.16. The SMILES string of the molecule is NN=C(NN)NC(=O)[C@H](Cc1ccc(-c2cccc(Cl)c2)cc1)N[C@@H](CCc1ccccc1)C(=O)O. The number of carboxylic acids is 1. The first-order valence-electron chi connectivity index (χ1n) is 11.3. The first-order valence-corrected chi connectivity index (χ1v) is 11.7. The van der Waals surface area contributed by atoms with Crippen molar-refractivity contribution in [3.8, 4) is 11.1 Å². The molecule has 0 saturated heterocycles. The van der Waals surface area contributed by atoms with E-state index in [0.29, 0.717) is 17.9 Å². The molecule has 0 aliphatic rings. The molecule has 1 amide bonds. The normalized spacial score (nSPS) is 13.0. The number of carbonyl (C=O) groups excluding carboxylic acids is 1. The average Bonchev–Trinajstić information content (AvgIpc) is 2.89. The van der Waals surface area contributed by atoms with Crippen LogP contribution in [0.15, 0.2) is 84.0 Å². The molecule has 188 valence electrons. The smallest absolute Gasteiger partial charge is 0.320 e. The van der Waals surface area contributed by atoms with Gasteiger partial charge >= 0.3 is 5.97 Å². The Hall–Kier alpha value is -3.92. The van der Waals surface area contributed by atoms with Crippen LogP contribution in [0.4, 0.5) is 0 Å². The van der Waals surface area contributed by atoms with Crippen molar-refractivity contribution in [3.63, 3.8) is 0 Å². The molecule has 9 nitrogen and oxygen atoms in total. The van der Waals surface area contributed by atoms with Crippen LogP contribution in [0.5, 0.6) is 0 Å². The van der Waals surface area contributed by atoms with Gasteiger partial charge in [0.15, 0.2) is 0 Å². The number of carbonyl (C=O) groups is 2. The van der Waals surface area contributed by atoms with E-state index in [-0.39, 0.29) is 12.4 Å². The Kier molecular flexibility index (Phi) is 9.82. The number of nitrogens with two attached hydrogens (primary N) is 2. The maximum Gasteiger partial charge on any atom is 0.320 e. The minimum absolute atomic E-state index is 0.140. The number of hydrogen-bond donors (Lipinski definition) is 6. The summed E-state index contributed by atoms with van der Waals surface area (Å²) in [5, 5.41) is 19.3. The lowest BCUT2D eigenvalue weighted by Crippen LogP contribution is -2.55. The van der Waals surface area contributed by atoms with E-state index in [1.54, 1.807) is 6.07 Å². The van der Waals surface area contributed by atoms with Gasteiger partial charge in [0, 0.05) is 5.02 Å². The van der Waals surface area contributed by atoms with Gasteiger partial charge in [-0.3, -0.25) is 25.6 Å². The third kappa shape index (κ3) is 7.81. The number of hydrazine groups is 1. The lowest BCUT2D eigenvalue weighted by atomic mass is 9.99. The summed E-state index contributed by atoms with van der Waals surface area (Å²) in [5.74, 6) is 8.85. The number of carboxylic acid groups (broad SMARTS) is 1. The van der Waals surface area contributed by atoms with Gasteiger partial charge in [-0.15, -0.1) is 5.10 Å². The number of nitrogens with zero attached hydrogens (tertiary/aromatic N) is 1. The van der Waals surface area contributed by atoms with Gasteiger partial charge in [0.25, 0.3) is 0 Å². The molecule has 0 saturated carbocycles. The van der Waals surface area contributed by atoms with Gasteiger partial charge < -0.3 is 10.9 Å². The van der Waals surface area contributed by atoms with E-state index in [0.717, 1.165) is 22.3 Å². The number of guanidine groups is 1. The summed E-state index contributed by atoms with van der Waals surface area (Å²) < 4.78 is 0. The summed E-state index contributed by atoms with van der Waals surface area (Å²) in [4.78, 5) is 25.0. The molecule has 0 aliphatic carbocycles. The first kappa shape index (κ1) is 26.7. The number of rotatable bonds is 10. The highest BCUT2D eigenvalue weighted by atomic mass is 35.5. The molecule has 0 spiro atoms. The minimum Gasteiger partial charge on any atom is -0.480 e. The molecule has 0 unspecified atom stereocenters. The Bertz CT molecular complexity index is 1190. The highest BCUT2D eigenvalue weighted by molar-refractivity contribution is 6.30. The molecule has 3 aromatic carbocycles. The third-order valence-corrected chi connectivity index (χ3v) is 5.88. The zero-order chi connectivity index (χ0) is 25.9. The molecule has 0 heterocycles. The van der Waals surface area contributed by atoms with Crippen molar-refractivity contribution in [2.75, 3.05) is 0 Å². The molecule has 36 heavy (non-hydrogen) atoms. The molecule has 2 atom stereocenters. The van der Waals surface area contributed by atoms with Gasteiger partial charge in [0.2, 0.25) is 11.9 Å². The van der Waals surface area contributed by atoms with Crippen LogP contribution in [0, 0.1) is 0 Å². The molecule has 0 aliphatic heterocycles. The van der Waals surface area contributed by atoms with Gasteiger partial charge in [-0.2, -0.15) is 0 Å². The molecule has 3 aromatic rings. The van der Waals surface area contributed by atoms with Crippen LogP contribution < -0.4 is 27.7 Å². The third-order valence-electron chi connectivity index (χ3n) is 5.64. The summed E-state index contributed by atoms with van der Waals surface area (Å²) in [6, 6.07) is 22.8. The predicted octanol–water partition coefficient (Wildman–Crippen LogP) is 2.40. The lowest BCUT2D eigenvalue weighted by molar-refractivity contribution is -0.140. The number of aliphatic carboxylic acids is 1. The van der Waals surface area contributed by atoms with Crippen molar-refractivity contribution in [1.29, 1.82) is 0 Å². The molecule has 3 rings (SSSR count). The van der Waals surface area contributed by atoms with Crippen molar-refractivity contribution >= 4 is 29.4 Å². The average molecular weight is 509 g/mol. The number of amides is 1. The van der Waals surface area contributed by atoms with Crippen LogP contribution in [0.1, 0.15) is 17.5 Å². The van der Waals surface area contributed by atoms with Gasteiger partial charge in [-0.1, -0.05) is 78.3 Å². The molecule has 0 aromatic heterocycles. The van der Waals surface area contributed by atoms with E-state index < -0.39 is 24.0 Å². The molecular weight excluding hydrogens is 480 g/mol. The number of benzene rings is 3. The number of aryl methyl sites for hydroxylation is 1. The monoisotopic (exact) mass is 508 g/mol. The van der Waals surface area contributed by atoms with Crippen molar-refractivity contribution in [3.05, 3.63) is 95.0 Å². The van der Waals surface area contributed by atoms with Gasteiger partial charge in [-0.05, 0) is 53.6 Å². The second kappa shape index (κ2) is 13.2. The Balaban J connectivity index is 1.78.